The van der Waals surface area contributed by atoms with Gasteiger partial charge in [-0.25, -0.2) is 0 Å². The molecule has 0 amide bonds. The molecule has 0 aliphatic carbocycles. The molecule has 0 heterocycles. The fourth-order valence-corrected chi connectivity index (χ4v) is 1.18. The molecule has 3 nitrogen and oxygen atoms in total. The Morgan fingerprint density at radius 3 is 2.73 bits per heavy atom. The number of aliphatic hydroxyl groups is 1. The number of aliphatic hydroxyl groups excluding tert-OH is 1. The molecule has 0 spiro atoms. The minimum absolute atomic E-state index is 0.312. The molecular formula is C12H14O3. The van der Waals surface area contributed by atoms with Crippen LogP contribution >= 0.6 is 0 Å². The fraction of sp³-hybridized carbons (Fsp3) is 0.333. The molecule has 0 fully saturated rings. The number of benzene rings is 1. The van der Waals surface area contributed by atoms with Crippen LogP contribution in [0.5, 0.6) is 5.75 Å². The van der Waals surface area contributed by atoms with Gasteiger partial charge in [0.25, 0.3) is 0 Å². The van der Waals surface area contributed by atoms with Crippen molar-refractivity contribution in [2.45, 2.75) is 6.10 Å². The molecule has 0 saturated carbocycles. The summed E-state index contributed by atoms with van der Waals surface area (Å²) in [6.07, 6.45) is -0.837. The van der Waals surface area contributed by atoms with Crippen molar-refractivity contribution >= 4 is 0 Å². The lowest BCUT2D eigenvalue weighted by molar-refractivity contribution is 0.227. The summed E-state index contributed by atoms with van der Waals surface area (Å²) in [5.41, 5.74) is 0.670. The quantitative estimate of drug-likeness (QED) is 0.759. The number of para-hydroxylation sites is 1. The van der Waals surface area contributed by atoms with E-state index in [-0.39, 0.29) is 0 Å². The zero-order valence-corrected chi connectivity index (χ0v) is 8.86. The third-order valence-electron chi connectivity index (χ3n) is 1.89. The first-order valence-electron chi connectivity index (χ1n) is 4.58. The second-order valence-electron chi connectivity index (χ2n) is 2.90. The van der Waals surface area contributed by atoms with E-state index in [1.807, 2.05) is 12.1 Å². The van der Waals surface area contributed by atoms with Crippen LogP contribution in [0.2, 0.25) is 0 Å². The Hall–Kier alpha value is -1.50. The van der Waals surface area contributed by atoms with Gasteiger partial charge in [0, 0.05) is 12.7 Å². The van der Waals surface area contributed by atoms with Crippen molar-refractivity contribution in [2.24, 2.45) is 0 Å². The predicted octanol–water partition coefficient (Wildman–Crippen LogP) is 1.38. The summed E-state index contributed by atoms with van der Waals surface area (Å²) < 4.78 is 9.88. The van der Waals surface area contributed by atoms with Gasteiger partial charge in [-0.3, -0.25) is 0 Å². The summed E-state index contributed by atoms with van der Waals surface area (Å²) in [5, 5.41) is 9.75. The first kappa shape index (κ1) is 11.6. The fourth-order valence-electron chi connectivity index (χ4n) is 1.18. The number of methoxy groups -OCH3 is 2. The molecule has 3 heteroatoms. The highest BCUT2D eigenvalue weighted by atomic mass is 16.5. The Morgan fingerprint density at radius 1 is 1.33 bits per heavy atom. The molecule has 1 aromatic rings. The van der Waals surface area contributed by atoms with E-state index < -0.39 is 6.10 Å². The Kier molecular flexibility index (Phi) is 4.69. The summed E-state index contributed by atoms with van der Waals surface area (Å²) in [7, 11) is 3.12. The standard InChI is InChI=1S/C12H14O3/c1-14-9-5-7-11(13)10-6-3-4-8-12(10)15-2/h3-4,6,8,11,13H,9H2,1-2H3. The average molecular weight is 206 g/mol. The highest BCUT2D eigenvalue weighted by Crippen LogP contribution is 2.23. The molecular weight excluding hydrogens is 192 g/mol. The van der Waals surface area contributed by atoms with Crippen molar-refractivity contribution < 1.29 is 14.6 Å². The molecule has 0 aromatic heterocycles. The van der Waals surface area contributed by atoms with Crippen molar-refractivity contribution in [2.75, 3.05) is 20.8 Å². The van der Waals surface area contributed by atoms with Gasteiger partial charge < -0.3 is 14.6 Å². The van der Waals surface area contributed by atoms with Gasteiger partial charge in [-0.05, 0) is 6.07 Å². The molecule has 80 valence electrons. The van der Waals surface area contributed by atoms with E-state index in [4.69, 9.17) is 9.47 Å². The van der Waals surface area contributed by atoms with Gasteiger partial charge in [0.1, 0.15) is 18.5 Å². The Morgan fingerprint density at radius 2 is 2.07 bits per heavy atom. The molecule has 15 heavy (non-hydrogen) atoms. The van der Waals surface area contributed by atoms with Crippen molar-refractivity contribution in [3.05, 3.63) is 29.8 Å². The molecule has 1 N–H and O–H groups in total. The van der Waals surface area contributed by atoms with Gasteiger partial charge in [0.05, 0.1) is 7.11 Å². The van der Waals surface area contributed by atoms with Gasteiger partial charge in [-0.15, -0.1) is 0 Å². The molecule has 1 atom stereocenters. The van der Waals surface area contributed by atoms with Crippen LogP contribution in [-0.4, -0.2) is 25.9 Å². The molecule has 1 rings (SSSR count). The van der Waals surface area contributed by atoms with Crippen molar-refractivity contribution in [1.82, 2.24) is 0 Å². The number of rotatable bonds is 3. The predicted molar refractivity (Wildman–Crippen MR) is 57.6 cm³/mol. The van der Waals surface area contributed by atoms with Crippen LogP contribution in [0.1, 0.15) is 11.7 Å². The summed E-state index contributed by atoms with van der Waals surface area (Å²) in [4.78, 5) is 0. The van der Waals surface area contributed by atoms with E-state index in [9.17, 15) is 5.11 Å². The van der Waals surface area contributed by atoms with Crippen LogP contribution in [0.3, 0.4) is 0 Å². The molecule has 1 aromatic carbocycles. The van der Waals surface area contributed by atoms with Gasteiger partial charge >= 0.3 is 0 Å². The first-order valence-corrected chi connectivity index (χ1v) is 4.58. The summed E-state index contributed by atoms with van der Waals surface area (Å²) in [6, 6.07) is 7.25. The Balaban J connectivity index is 2.82. The van der Waals surface area contributed by atoms with E-state index in [1.165, 1.54) is 0 Å². The van der Waals surface area contributed by atoms with E-state index in [2.05, 4.69) is 11.8 Å². The number of hydrogen-bond acceptors (Lipinski definition) is 3. The minimum Gasteiger partial charge on any atom is -0.496 e. The third-order valence-corrected chi connectivity index (χ3v) is 1.89. The minimum atomic E-state index is -0.837. The van der Waals surface area contributed by atoms with E-state index in [0.29, 0.717) is 17.9 Å². The summed E-state index contributed by atoms with van der Waals surface area (Å²) in [5.74, 6) is 6.02. The third kappa shape index (κ3) is 3.28. The molecule has 1 unspecified atom stereocenters. The van der Waals surface area contributed by atoms with E-state index >= 15 is 0 Å². The Bertz CT molecular complexity index is 363. The molecule has 0 saturated heterocycles. The van der Waals surface area contributed by atoms with Crippen LogP contribution < -0.4 is 4.74 Å². The maximum atomic E-state index is 9.75. The smallest absolute Gasteiger partial charge is 0.143 e. The van der Waals surface area contributed by atoms with Gasteiger partial charge in [0.2, 0.25) is 0 Å². The zero-order valence-electron chi connectivity index (χ0n) is 8.86. The highest BCUT2D eigenvalue weighted by molar-refractivity contribution is 5.38. The van der Waals surface area contributed by atoms with Crippen LogP contribution in [0.4, 0.5) is 0 Å². The Labute approximate surface area is 89.6 Å². The highest BCUT2D eigenvalue weighted by Gasteiger charge is 2.08. The first-order chi connectivity index (χ1) is 7.29. The van der Waals surface area contributed by atoms with E-state index in [0.717, 1.165) is 0 Å². The van der Waals surface area contributed by atoms with E-state index in [1.54, 1.807) is 26.4 Å². The maximum Gasteiger partial charge on any atom is 0.143 e. The monoisotopic (exact) mass is 206 g/mol. The summed E-state index contributed by atoms with van der Waals surface area (Å²) in [6.45, 7) is 0.312. The second-order valence-corrected chi connectivity index (χ2v) is 2.90. The maximum absolute atomic E-state index is 9.75. The van der Waals surface area contributed by atoms with Crippen LogP contribution in [0.15, 0.2) is 24.3 Å². The van der Waals surface area contributed by atoms with Crippen LogP contribution in [0, 0.1) is 11.8 Å². The summed E-state index contributed by atoms with van der Waals surface area (Å²) >= 11 is 0. The molecule has 0 aliphatic rings. The van der Waals surface area contributed by atoms with Gasteiger partial charge in [-0.2, -0.15) is 0 Å². The van der Waals surface area contributed by atoms with Crippen LogP contribution in [-0.2, 0) is 4.74 Å². The lowest BCUT2D eigenvalue weighted by atomic mass is 10.1. The topological polar surface area (TPSA) is 38.7 Å². The van der Waals surface area contributed by atoms with Crippen LogP contribution in [0.25, 0.3) is 0 Å². The lowest BCUT2D eigenvalue weighted by Crippen LogP contribution is -1.98. The largest absolute Gasteiger partial charge is 0.496 e. The normalized spacial score (nSPS) is 11.4. The van der Waals surface area contributed by atoms with Crippen molar-refractivity contribution in [3.63, 3.8) is 0 Å². The molecule has 0 bridgehead atoms. The van der Waals surface area contributed by atoms with Crippen molar-refractivity contribution in [3.8, 4) is 17.6 Å². The van der Waals surface area contributed by atoms with Gasteiger partial charge in [-0.1, -0.05) is 30.0 Å². The molecule has 0 aliphatic heterocycles. The molecule has 0 radical (unpaired) electrons. The van der Waals surface area contributed by atoms with Crippen molar-refractivity contribution in [1.29, 1.82) is 0 Å². The van der Waals surface area contributed by atoms with Gasteiger partial charge in [0.15, 0.2) is 0 Å². The average Bonchev–Trinajstić information content (AvgIpc) is 2.29. The SMILES string of the molecule is COCC#CC(O)c1ccccc1OC. The number of ether oxygens (including phenoxy) is 2. The second kappa shape index (κ2) is 6.07. The lowest BCUT2D eigenvalue weighted by Gasteiger charge is -2.09. The number of hydrogen-bond donors (Lipinski definition) is 1. The zero-order chi connectivity index (χ0) is 11.1.